The van der Waals surface area contributed by atoms with Crippen molar-refractivity contribution in [2.75, 3.05) is 0 Å². The minimum absolute atomic E-state index is 0.0130. The highest BCUT2D eigenvalue weighted by Gasteiger charge is 2.68. The summed E-state index contributed by atoms with van der Waals surface area (Å²) in [4.78, 5) is 13.3. The van der Waals surface area contributed by atoms with Gasteiger partial charge in [-0.05, 0) is 81.6 Å². The van der Waals surface area contributed by atoms with Crippen molar-refractivity contribution in [1.29, 1.82) is 0 Å². The standard InChI is InChI=1S/C28H44O7/c1-13(25(2,3)33)23-24(35-23)28(6,34)21-8-7-15-14-9-17(29)16-10-18(30)19(31)11-27(16,5)22(14)20(32)12-26(15,21)4/h9,13,15-16,18-24,30-34H,7-8,10-12H2,1-6H3/t13?,15?,16?,18-,19+,20-,21+,22?,23?,24?,26+,27+,28+/m1/s1. The number of rotatable bonds is 4. The number of allylic oxidation sites excluding steroid dienone is 1. The van der Waals surface area contributed by atoms with Crippen LogP contribution in [0.2, 0.25) is 0 Å². The van der Waals surface area contributed by atoms with Crippen molar-refractivity contribution in [3.8, 4) is 0 Å². The lowest BCUT2D eigenvalue weighted by molar-refractivity contribution is -0.158. The normalized spacial score (nSPS) is 52.0. The molecule has 35 heavy (non-hydrogen) atoms. The Hall–Kier alpha value is -0.830. The number of aliphatic hydroxyl groups excluding tert-OH is 3. The maximum absolute atomic E-state index is 13.3. The van der Waals surface area contributed by atoms with Gasteiger partial charge in [0, 0.05) is 17.8 Å². The second-order valence-electron chi connectivity index (χ2n) is 13.8. The molecule has 7 heteroatoms. The first-order chi connectivity index (χ1) is 16.0. The van der Waals surface area contributed by atoms with E-state index in [2.05, 4.69) is 6.92 Å². The molecule has 4 fully saturated rings. The zero-order valence-corrected chi connectivity index (χ0v) is 21.9. The van der Waals surface area contributed by atoms with Crippen LogP contribution in [0, 0.1) is 40.4 Å². The zero-order chi connectivity index (χ0) is 25.9. The number of fused-ring (bicyclic) bond motifs is 5. The minimum Gasteiger partial charge on any atom is -0.392 e. The molecule has 1 saturated heterocycles. The monoisotopic (exact) mass is 492 g/mol. The molecule has 198 valence electrons. The van der Waals surface area contributed by atoms with Crippen LogP contribution in [-0.4, -0.2) is 73.0 Å². The predicted molar refractivity (Wildman–Crippen MR) is 129 cm³/mol. The number of hydrogen-bond donors (Lipinski definition) is 5. The third-order valence-electron chi connectivity index (χ3n) is 11.3. The third kappa shape index (κ3) is 3.63. The third-order valence-corrected chi connectivity index (χ3v) is 11.3. The van der Waals surface area contributed by atoms with Gasteiger partial charge in [0.15, 0.2) is 5.78 Å². The summed E-state index contributed by atoms with van der Waals surface area (Å²) < 4.78 is 5.97. The van der Waals surface area contributed by atoms with Crippen LogP contribution in [0.5, 0.6) is 0 Å². The van der Waals surface area contributed by atoms with Crippen molar-refractivity contribution in [2.24, 2.45) is 40.4 Å². The summed E-state index contributed by atoms with van der Waals surface area (Å²) in [5.41, 5.74) is -2.08. The zero-order valence-electron chi connectivity index (χ0n) is 21.9. The molecule has 5 aliphatic rings. The second kappa shape index (κ2) is 7.84. The van der Waals surface area contributed by atoms with Crippen molar-refractivity contribution in [3.63, 3.8) is 0 Å². The molecule has 0 aromatic rings. The van der Waals surface area contributed by atoms with Crippen LogP contribution in [0.4, 0.5) is 0 Å². The van der Waals surface area contributed by atoms with E-state index >= 15 is 0 Å². The van der Waals surface area contributed by atoms with Gasteiger partial charge in [0.1, 0.15) is 6.10 Å². The van der Waals surface area contributed by atoms with E-state index in [1.54, 1.807) is 19.9 Å². The van der Waals surface area contributed by atoms with Crippen LogP contribution in [0.1, 0.15) is 73.6 Å². The largest absolute Gasteiger partial charge is 0.392 e. The molecule has 0 bridgehead atoms. The van der Waals surface area contributed by atoms with Crippen molar-refractivity contribution in [1.82, 2.24) is 0 Å². The van der Waals surface area contributed by atoms with Crippen LogP contribution in [0.3, 0.4) is 0 Å². The van der Waals surface area contributed by atoms with Gasteiger partial charge in [0.25, 0.3) is 0 Å². The summed E-state index contributed by atoms with van der Waals surface area (Å²) in [5, 5.41) is 54.7. The summed E-state index contributed by atoms with van der Waals surface area (Å²) in [6.07, 6.45) is 1.23. The number of epoxide rings is 1. The van der Waals surface area contributed by atoms with E-state index in [1.807, 2.05) is 20.8 Å². The number of aliphatic hydroxyl groups is 5. The van der Waals surface area contributed by atoms with Gasteiger partial charge in [-0.15, -0.1) is 0 Å². The lowest BCUT2D eigenvalue weighted by Crippen LogP contribution is -2.60. The molecule has 0 amide bonds. The van der Waals surface area contributed by atoms with Gasteiger partial charge in [-0.25, -0.2) is 0 Å². The average Bonchev–Trinajstić information content (AvgIpc) is 3.44. The summed E-state index contributed by atoms with van der Waals surface area (Å²) >= 11 is 0. The molecule has 4 aliphatic carbocycles. The van der Waals surface area contributed by atoms with Crippen LogP contribution in [0.25, 0.3) is 0 Å². The minimum atomic E-state index is -1.13. The fraction of sp³-hybridized carbons (Fsp3) is 0.893. The SMILES string of the molecule is CC(C1OC1[C@@](C)(O)[C@H]1CCC2C3=CC(=O)C4C[C@@H](O)[C@@H](O)C[C@]4(C)C3[C@H](O)C[C@@]21C)C(C)(C)O. The topological polar surface area (TPSA) is 131 Å². The molecule has 7 nitrogen and oxygen atoms in total. The van der Waals surface area contributed by atoms with Crippen LogP contribution >= 0.6 is 0 Å². The Labute approximate surface area is 208 Å². The van der Waals surface area contributed by atoms with E-state index in [4.69, 9.17) is 4.74 Å². The highest BCUT2D eigenvalue weighted by molar-refractivity contribution is 5.94. The maximum Gasteiger partial charge on any atom is 0.159 e. The summed E-state index contributed by atoms with van der Waals surface area (Å²) in [6, 6.07) is 0. The lowest BCUT2D eigenvalue weighted by Gasteiger charge is -2.59. The van der Waals surface area contributed by atoms with Crippen molar-refractivity contribution in [3.05, 3.63) is 11.6 Å². The maximum atomic E-state index is 13.3. The van der Waals surface area contributed by atoms with Crippen molar-refractivity contribution in [2.45, 2.75) is 115 Å². The molecule has 0 aromatic heterocycles. The number of ether oxygens (including phenoxy) is 1. The molecule has 0 aromatic carbocycles. The number of carbonyl (C=O) groups excluding carboxylic acids is 1. The first-order valence-corrected chi connectivity index (χ1v) is 13.4. The molecule has 3 saturated carbocycles. The average molecular weight is 493 g/mol. The van der Waals surface area contributed by atoms with Gasteiger partial charge in [-0.2, -0.15) is 0 Å². The smallest absolute Gasteiger partial charge is 0.159 e. The first kappa shape index (κ1) is 25.8. The van der Waals surface area contributed by atoms with Crippen LogP contribution in [0.15, 0.2) is 11.6 Å². The number of carbonyl (C=O) groups is 1. The van der Waals surface area contributed by atoms with Gasteiger partial charge in [-0.3, -0.25) is 4.79 Å². The van der Waals surface area contributed by atoms with Gasteiger partial charge >= 0.3 is 0 Å². The molecule has 0 spiro atoms. The Morgan fingerprint density at radius 1 is 0.971 bits per heavy atom. The molecule has 5 rings (SSSR count). The lowest BCUT2D eigenvalue weighted by atomic mass is 9.46. The Kier molecular flexibility index (Phi) is 5.78. The van der Waals surface area contributed by atoms with Gasteiger partial charge in [0.2, 0.25) is 0 Å². The summed E-state index contributed by atoms with van der Waals surface area (Å²) in [7, 11) is 0. The number of hydrogen-bond acceptors (Lipinski definition) is 7. The molecule has 13 atom stereocenters. The van der Waals surface area contributed by atoms with Crippen molar-refractivity contribution >= 4 is 5.78 Å². The van der Waals surface area contributed by atoms with E-state index in [0.717, 1.165) is 18.4 Å². The highest BCUT2D eigenvalue weighted by Crippen LogP contribution is 2.67. The van der Waals surface area contributed by atoms with Crippen LogP contribution in [-0.2, 0) is 9.53 Å². The Morgan fingerprint density at radius 3 is 2.23 bits per heavy atom. The fourth-order valence-corrected chi connectivity index (χ4v) is 9.07. The number of ketones is 1. The molecule has 0 radical (unpaired) electrons. The van der Waals surface area contributed by atoms with E-state index in [-0.39, 0.29) is 48.1 Å². The molecule has 5 N–H and O–H groups in total. The second-order valence-corrected chi connectivity index (χ2v) is 13.8. The summed E-state index contributed by atoms with van der Waals surface area (Å²) in [5.74, 6) is -0.857. The molecule has 6 unspecified atom stereocenters. The highest BCUT2D eigenvalue weighted by atomic mass is 16.6. The first-order valence-electron chi connectivity index (χ1n) is 13.4. The molecule has 1 heterocycles. The Balaban J connectivity index is 1.45. The van der Waals surface area contributed by atoms with E-state index in [1.165, 1.54) is 0 Å². The van der Waals surface area contributed by atoms with Gasteiger partial charge in [-0.1, -0.05) is 26.3 Å². The Bertz CT molecular complexity index is 921. The van der Waals surface area contributed by atoms with E-state index < -0.39 is 46.3 Å². The predicted octanol–water partition coefficient (Wildman–Crippen LogP) is 1.97. The quantitative estimate of drug-likeness (QED) is 0.379. The molecular weight excluding hydrogens is 448 g/mol. The molecule has 1 aliphatic heterocycles. The van der Waals surface area contributed by atoms with Crippen molar-refractivity contribution < 1.29 is 35.1 Å². The Morgan fingerprint density at radius 2 is 1.60 bits per heavy atom. The van der Waals surface area contributed by atoms with Crippen LogP contribution < -0.4 is 0 Å². The van der Waals surface area contributed by atoms with Gasteiger partial charge < -0.3 is 30.3 Å². The van der Waals surface area contributed by atoms with E-state index in [9.17, 15) is 30.3 Å². The van der Waals surface area contributed by atoms with E-state index in [0.29, 0.717) is 12.8 Å². The van der Waals surface area contributed by atoms with Gasteiger partial charge in [0.05, 0.1) is 35.6 Å². The molecular formula is C28H44O7. The fourth-order valence-electron chi connectivity index (χ4n) is 9.07. The summed E-state index contributed by atoms with van der Waals surface area (Å²) in [6.45, 7) is 11.4.